The van der Waals surface area contributed by atoms with Crippen molar-refractivity contribution in [2.75, 3.05) is 25.5 Å². The first-order valence-corrected chi connectivity index (χ1v) is 5.31. The fraction of sp³-hybridized carbons (Fsp3) is 0.500. The minimum atomic E-state index is -0.179. The Balaban J connectivity index is 2.77. The highest BCUT2D eigenvalue weighted by atomic mass is 19.1. The van der Waals surface area contributed by atoms with Gasteiger partial charge in [0.15, 0.2) is 0 Å². The lowest BCUT2D eigenvalue weighted by Gasteiger charge is -2.17. The average molecular weight is 210 g/mol. The summed E-state index contributed by atoms with van der Waals surface area (Å²) in [5.74, 6) is -0.179. The molecule has 1 aromatic rings. The summed E-state index contributed by atoms with van der Waals surface area (Å²) in [6, 6.07) is 4.96. The number of nitrogens with zero attached hydrogens (tertiary/aromatic N) is 1. The highest BCUT2D eigenvalue weighted by molar-refractivity contribution is 5.52. The van der Waals surface area contributed by atoms with Crippen LogP contribution in [0.4, 0.5) is 10.1 Å². The molecule has 3 heteroatoms. The molecule has 0 aliphatic heterocycles. The number of nitrogens with two attached hydrogens (primary N) is 1. The van der Waals surface area contributed by atoms with Gasteiger partial charge in [-0.25, -0.2) is 4.39 Å². The zero-order valence-electron chi connectivity index (χ0n) is 9.46. The fourth-order valence-corrected chi connectivity index (χ4v) is 1.62. The molecule has 84 valence electrons. The number of rotatable bonds is 5. The summed E-state index contributed by atoms with van der Waals surface area (Å²) in [5.41, 5.74) is 7.60. The van der Waals surface area contributed by atoms with Crippen LogP contribution in [0.15, 0.2) is 18.2 Å². The van der Waals surface area contributed by atoms with Crippen molar-refractivity contribution in [3.05, 3.63) is 29.6 Å². The minimum Gasteiger partial charge on any atom is -0.377 e. The molecule has 1 rings (SSSR count). The summed E-state index contributed by atoms with van der Waals surface area (Å²) in [7, 11) is 3.86. The normalized spacial score (nSPS) is 10.4. The van der Waals surface area contributed by atoms with Gasteiger partial charge >= 0.3 is 0 Å². The van der Waals surface area contributed by atoms with E-state index >= 15 is 0 Å². The van der Waals surface area contributed by atoms with E-state index in [1.807, 2.05) is 25.1 Å². The zero-order chi connectivity index (χ0) is 11.3. The monoisotopic (exact) mass is 210 g/mol. The zero-order valence-corrected chi connectivity index (χ0v) is 9.46. The smallest absolute Gasteiger partial charge is 0.125 e. The Morgan fingerprint density at radius 3 is 2.60 bits per heavy atom. The van der Waals surface area contributed by atoms with Crippen LogP contribution < -0.4 is 10.6 Å². The molecule has 0 aliphatic carbocycles. The maximum Gasteiger partial charge on any atom is 0.125 e. The Hall–Kier alpha value is -1.09. The van der Waals surface area contributed by atoms with Crippen molar-refractivity contribution in [2.24, 2.45) is 5.73 Å². The number of hydrogen-bond acceptors (Lipinski definition) is 2. The molecule has 15 heavy (non-hydrogen) atoms. The van der Waals surface area contributed by atoms with Crippen LogP contribution in [0.5, 0.6) is 0 Å². The molecule has 0 bridgehead atoms. The molecule has 1 aromatic carbocycles. The van der Waals surface area contributed by atoms with Crippen molar-refractivity contribution >= 4 is 5.69 Å². The molecule has 0 fully saturated rings. The summed E-state index contributed by atoms with van der Waals surface area (Å²) < 4.78 is 13.0. The number of anilines is 1. The van der Waals surface area contributed by atoms with E-state index in [4.69, 9.17) is 5.73 Å². The van der Waals surface area contributed by atoms with Crippen LogP contribution in [0.2, 0.25) is 0 Å². The van der Waals surface area contributed by atoms with Crippen molar-refractivity contribution in [1.82, 2.24) is 0 Å². The van der Waals surface area contributed by atoms with Crippen LogP contribution in [0.3, 0.4) is 0 Å². The van der Waals surface area contributed by atoms with E-state index in [-0.39, 0.29) is 5.82 Å². The Morgan fingerprint density at radius 1 is 1.27 bits per heavy atom. The van der Waals surface area contributed by atoms with Crippen molar-refractivity contribution in [1.29, 1.82) is 0 Å². The maximum absolute atomic E-state index is 13.0. The van der Waals surface area contributed by atoms with E-state index in [1.54, 1.807) is 6.07 Å². The van der Waals surface area contributed by atoms with Gasteiger partial charge in [-0.15, -0.1) is 0 Å². The van der Waals surface area contributed by atoms with Gasteiger partial charge in [0, 0.05) is 19.8 Å². The molecule has 0 saturated heterocycles. The van der Waals surface area contributed by atoms with Gasteiger partial charge in [-0.2, -0.15) is 0 Å². The first-order valence-electron chi connectivity index (χ1n) is 5.31. The van der Waals surface area contributed by atoms with E-state index < -0.39 is 0 Å². The van der Waals surface area contributed by atoms with E-state index in [9.17, 15) is 4.39 Å². The van der Waals surface area contributed by atoms with Gasteiger partial charge in [0.25, 0.3) is 0 Å². The molecule has 0 aromatic heterocycles. The summed E-state index contributed by atoms with van der Waals surface area (Å²) in [6.45, 7) is 0.721. The third-order valence-corrected chi connectivity index (χ3v) is 2.43. The molecule has 2 N–H and O–H groups in total. The maximum atomic E-state index is 13.0. The van der Waals surface area contributed by atoms with Crippen LogP contribution in [0.25, 0.3) is 0 Å². The van der Waals surface area contributed by atoms with Gasteiger partial charge in [0.05, 0.1) is 0 Å². The van der Waals surface area contributed by atoms with Crippen LogP contribution in [-0.4, -0.2) is 20.6 Å². The molecule has 0 saturated carbocycles. The second-order valence-corrected chi connectivity index (χ2v) is 3.91. The fourth-order valence-electron chi connectivity index (χ4n) is 1.62. The van der Waals surface area contributed by atoms with Crippen molar-refractivity contribution in [3.63, 3.8) is 0 Å². The predicted molar refractivity (Wildman–Crippen MR) is 62.7 cm³/mol. The van der Waals surface area contributed by atoms with Crippen LogP contribution in [0, 0.1) is 5.82 Å². The van der Waals surface area contributed by atoms with Crippen LogP contribution >= 0.6 is 0 Å². The van der Waals surface area contributed by atoms with Crippen molar-refractivity contribution in [3.8, 4) is 0 Å². The van der Waals surface area contributed by atoms with Crippen molar-refractivity contribution in [2.45, 2.75) is 19.3 Å². The number of aryl methyl sites for hydroxylation is 1. The standard InChI is InChI=1S/C12H19FN2/c1-15(2)12-9-11(13)7-6-10(12)5-3-4-8-14/h6-7,9H,3-5,8,14H2,1-2H3. The van der Waals surface area contributed by atoms with Crippen LogP contribution in [0.1, 0.15) is 18.4 Å². The molecule has 0 atom stereocenters. The molecular formula is C12H19FN2. The van der Waals surface area contributed by atoms with Gasteiger partial charge in [-0.05, 0) is 43.5 Å². The molecule has 0 spiro atoms. The highest BCUT2D eigenvalue weighted by Crippen LogP contribution is 2.21. The summed E-state index contributed by atoms with van der Waals surface area (Å²) in [5, 5.41) is 0. The minimum absolute atomic E-state index is 0.179. The third kappa shape index (κ3) is 3.51. The molecule has 0 aliphatic rings. The lowest BCUT2D eigenvalue weighted by atomic mass is 10.1. The predicted octanol–water partition coefficient (Wildman–Crippen LogP) is 2.17. The Bertz CT molecular complexity index is 310. The molecule has 0 unspecified atom stereocenters. The lowest BCUT2D eigenvalue weighted by Crippen LogP contribution is -2.12. The summed E-state index contributed by atoms with van der Waals surface area (Å²) >= 11 is 0. The number of unbranched alkanes of at least 4 members (excludes halogenated alkanes) is 1. The quantitative estimate of drug-likeness (QED) is 0.755. The molecular weight excluding hydrogens is 191 g/mol. The van der Waals surface area contributed by atoms with Gasteiger partial charge < -0.3 is 10.6 Å². The Labute approximate surface area is 90.9 Å². The van der Waals surface area contributed by atoms with Gasteiger partial charge in [-0.3, -0.25) is 0 Å². The topological polar surface area (TPSA) is 29.3 Å². The first-order chi connectivity index (χ1) is 7.15. The van der Waals surface area contributed by atoms with E-state index in [0.29, 0.717) is 0 Å². The summed E-state index contributed by atoms with van der Waals surface area (Å²) in [4.78, 5) is 1.95. The largest absolute Gasteiger partial charge is 0.377 e. The molecule has 0 heterocycles. The third-order valence-electron chi connectivity index (χ3n) is 2.43. The number of benzene rings is 1. The van der Waals surface area contributed by atoms with Crippen molar-refractivity contribution < 1.29 is 4.39 Å². The van der Waals surface area contributed by atoms with E-state index in [2.05, 4.69) is 0 Å². The SMILES string of the molecule is CN(C)c1cc(F)ccc1CCCCN. The van der Waals surface area contributed by atoms with Gasteiger partial charge in [0.1, 0.15) is 5.82 Å². The Morgan fingerprint density at radius 2 is 2.00 bits per heavy atom. The van der Waals surface area contributed by atoms with E-state index in [0.717, 1.165) is 31.5 Å². The molecule has 0 amide bonds. The first kappa shape index (κ1) is 12.0. The molecule has 0 radical (unpaired) electrons. The summed E-state index contributed by atoms with van der Waals surface area (Å²) in [6.07, 6.45) is 3.04. The average Bonchev–Trinajstić information content (AvgIpc) is 2.20. The lowest BCUT2D eigenvalue weighted by molar-refractivity contribution is 0.626. The van der Waals surface area contributed by atoms with E-state index in [1.165, 1.54) is 11.6 Å². The van der Waals surface area contributed by atoms with Gasteiger partial charge in [-0.1, -0.05) is 6.07 Å². The highest BCUT2D eigenvalue weighted by Gasteiger charge is 2.05. The van der Waals surface area contributed by atoms with Gasteiger partial charge in [0.2, 0.25) is 0 Å². The number of hydrogen-bond donors (Lipinski definition) is 1. The Kier molecular flexibility index (Phi) is 4.56. The second kappa shape index (κ2) is 5.71. The van der Waals surface area contributed by atoms with Crippen LogP contribution in [-0.2, 0) is 6.42 Å². The molecule has 2 nitrogen and oxygen atoms in total. The number of halogens is 1. The second-order valence-electron chi connectivity index (χ2n) is 3.91.